The average molecular weight is 220 g/mol. The third-order valence-electron chi connectivity index (χ3n) is 3.48. The van der Waals surface area contributed by atoms with Gasteiger partial charge in [0, 0.05) is 11.3 Å². The van der Waals surface area contributed by atoms with Crippen molar-refractivity contribution in [3.05, 3.63) is 17.7 Å². The van der Waals surface area contributed by atoms with Crippen LogP contribution in [0.5, 0.6) is 5.75 Å². The Bertz CT molecular complexity index is 370. The lowest BCUT2D eigenvalue weighted by molar-refractivity contribution is 0.390. The molecule has 1 aromatic carbocycles. The zero-order chi connectivity index (χ0) is 11.5. The summed E-state index contributed by atoms with van der Waals surface area (Å²) in [5.41, 5.74) is 14.6. The molecule has 3 heteroatoms. The number of benzene rings is 1. The molecule has 16 heavy (non-hydrogen) atoms. The van der Waals surface area contributed by atoms with Crippen molar-refractivity contribution in [1.29, 1.82) is 0 Å². The van der Waals surface area contributed by atoms with Crippen molar-refractivity contribution in [2.24, 2.45) is 0 Å². The third-order valence-corrected chi connectivity index (χ3v) is 3.48. The van der Waals surface area contributed by atoms with Crippen LogP contribution in [-0.4, -0.2) is 7.11 Å². The summed E-state index contributed by atoms with van der Waals surface area (Å²) in [6.07, 6.45) is 6.29. The Kier molecular flexibility index (Phi) is 3.22. The molecule has 0 aliphatic heterocycles. The zero-order valence-electron chi connectivity index (χ0n) is 9.83. The maximum Gasteiger partial charge on any atom is 0.147 e. The Morgan fingerprint density at radius 2 is 1.69 bits per heavy atom. The Labute approximate surface area is 96.8 Å². The average Bonchev–Trinajstić information content (AvgIpc) is 2.33. The van der Waals surface area contributed by atoms with Gasteiger partial charge in [0.1, 0.15) is 5.75 Å². The molecule has 0 heterocycles. The summed E-state index contributed by atoms with van der Waals surface area (Å²) in [5.74, 6) is 1.30. The van der Waals surface area contributed by atoms with E-state index in [0.717, 1.165) is 17.0 Å². The number of anilines is 2. The smallest absolute Gasteiger partial charge is 0.147 e. The van der Waals surface area contributed by atoms with Crippen LogP contribution < -0.4 is 16.2 Å². The Morgan fingerprint density at radius 3 is 2.31 bits per heavy atom. The van der Waals surface area contributed by atoms with Gasteiger partial charge in [-0.3, -0.25) is 0 Å². The highest BCUT2D eigenvalue weighted by Crippen LogP contribution is 2.43. The number of rotatable bonds is 2. The van der Waals surface area contributed by atoms with E-state index in [1.807, 2.05) is 12.1 Å². The first-order valence-electron chi connectivity index (χ1n) is 5.96. The largest absolute Gasteiger partial charge is 0.494 e. The van der Waals surface area contributed by atoms with Gasteiger partial charge in [0.25, 0.3) is 0 Å². The SMILES string of the molecule is COc1c(N)ccc(N)c1C1CCCCC1. The van der Waals surface area contributed by atoms with Crippen molar-refractivity contribution in [2.75, 3.05) is 18.6 Å². The maximum absolute atomic E-state index is 6.06. The molecule has 1 aromatic rings. The molecule has 88 valence electrons. The monoisotopic (exact) mass is 220 g/mol. The normalized spacial score (nSPS) is 17.3. The van der Waals surface area contributed by atoms with E-state index in [0.29, 0.717) is 11.6 Å². The quantitative estimate of drug-likeness (QED) is 0.753. The summed E-state index contributed by atoms with van der Waals surface area (Å²) >= 11 is 0. The summed E-state index contributed by atoms with van der Waals surface area (Å²) in [4.78, 5) is 0. The van der Waals surface area contributed by atoms with Crippen molar-refractivity contribution in [3.8, 4) is 5.75 Å². The van der Waals surface area contributed by atoms with Gasteiger partial charge in [-0.15, -0.1) is 0 Å². The zero-order valence-corrected chi connectivity index (χ0v) is 9.83. The van der Waals surface area contributed by atoms with Crippen molar-refractivity contribution >= 4 is 11.4 Å². The molecule has 3 nitrogen and oxygen atoms in total. The molecule has 2 rings (SSSR count). The standard InChI is InChI=1S/C13H20N2O/c1-16-13-11(15)8-7-10(14)12(13)9-5-3-2-4-6-9/h7-9H,2-6,14-15H2,1H3. The highest BCUT2D eigenvalue weighted by atomic mass is 16.5. The Balaban J connectivity index is 2.40. The van der Waals surface area contributed by atoms with Gasteiger partial charge in [0.2, 0.25) is 0 Å². The van der Waals surface area contributed by atoms with Gasteiger partial charge < -0.3 is 16.2 Å². The molecular formula is C13H20N2O. The second kappa shape index (κ2) is 4.64. The predicted molar refractivity (Wildman–Crippen MR) is 67.6 cm³/mol. The van der Waals surface area contributed by atoms with Crippen LogP contribution in [0.25, 0.3) is 0 Å². The molecular weight excluding hydrogens is 200 g/mol. The first-order chi connectivity index (χ1) is 7.74. The topological polar surface area (TPSA) is 61.3 Å². The first kappa shape index (κ1) is 11.1. The number of nitrogens with two attached hydrogens (primary N) is 2. The minimum absolute atomic E-state index is 0.521. The fourth-order valence-corrected chi connectivity index (χ4v) is 2.67. The molecule has 0 spiro atoms. The van der Waals surface area contributed by atoms with Crippen LogP contribution in [0.2, 0.25) is 0 Å². The van der Waals surface area contributed by atoms with Crippen LogP contribution in [0.4, 0.5) is 11.4 Å². The molecule has 4 N–H and O–H groups in total. The molecule has 1 aliphatic carbocycles. The Hall–Kier alpha value is -1.38. The molecule has 1 aliphatic rings. The van der Waals surface area contributed by atoms with Crippen LogP contribution in [0, 0.1) is 0 Å². The van der Waals surface area contributed by atoms with E-state index < -0.39 is 0 Å². The van der Waals surface area contributed by atoms with Crippen LogP contribution >= 0.6 is 0 Å². The second-order valence-corrected chi connectivity index (χ2v) is 4.53. The Morgan fingerprint density at radius 1 is 1.06 bits per heavy atom. The summed E-state index contributed by atoms with van der Waals surface area (Å²) in [6.45, 7) is 0. The van der Waals surface area contributed by atoms with E-state index in [-0.39, 0.29) is 0 Å². The van der Waals surface area contributed by atoms with Gasteiger partial charge in [0.05, 0.1) is 12.8 Å². The molecule has 0 bridgehead atoms. The van der Waals surface area contributed by atoms with Crippen molar-refractivity contribution in [2.45, 2.75) is 38.0 Å². The van der Waals surface area contributed by atoms with E-state index in [2.05, 4.69) is 0 Å². The summed E-state index contributed by atoms with van der Waals surface area (Å²) in [6, 6.07) is 3.71. The van der Waals surface area contributed by atoms with Gasteiger partial charge in [-0.1, -0.05) is 19.3 Å². The summed E-state index contributed by atoms with van der Waals surface area (Å²) < 4.78 is 5.41. The number of ether oxygens (including phenoxy) is 1. The minimum Gasteiger partial charge on any atom is -0.494 e. The van der Waals surface area contributed by atoms with E-state index in [1.165, 1.54) is 32.1 Å². The minimum atomic E-state index is 0.521. The molecule has 0 unspecified atom stereocenters. The molecule has 0 atom stereocenters. The predicted octanol–water partition coefficient (Wildman–Crippen LogP) is 2.91. The second-order valence-electron chi connectivity index (χ2n) is 4.53. The lowest BCUT2D eigenvalue weighted by Gasteiger charge is -2.25. The molecule has 1 fully saturated rings. The van der Waals surface area contributed by atoms with Crippen LogP contribution in [0.3, 0.4) is 0 Å². The van der Waals surface area contributed by atoms with Crippen molar-refractivity contribution in [1.82, 2.24) is 0 Å². The summed E-state index contributed by atoms with van der Waals surface area (Å²) in [5, 5.41) is 0. The number of methoxy groups -OCH3 is 1. The van der Waals surface area contributed by atoms with E-state index in [4.69, 9.17) is 16.2 Å². The highest BCUT2D eigenvalue weighted by Gasteiger charge is 2.22. The van der Waals surface area contributed by atoms with Crippen LogP contribution in [0.15, 0.2) is 12.1 Å². The lowest BCUT2D eigenvalue weighted by Crippen LogP contribution is -2.10. The fourth-order valence-electron chi connectivity index (χ4n) is 2.67. The van der Waals surface area contributed by atoms with Crippen LogP contribution in [-0.2, 0) is 0 Å². The maximum atomic E-state index is 6.06. The van der Waals surface area contributed by atoms with E-state index in [1.54, 1.807) is 7.11 Å². The highest BCUT2D eigenvalue weighted by molar-refractivity contribution is 5.67. The molecule has 0 amide bonds. The third kappa shape index (κ3) is 1.94. The molecule has 0 aromatic heterocycles. The van der Waals surface area contributed by atoms with Crippen molar-refractivity contribution in [3.63, 3.8) is 0 Å². The van der Waals surface area contributed by atoms with Gasteiger partial charge in [-0.2, -0.15) is 0 Å². The number of hydrogen-bond acceptors (Lipinski definition) is 3. The number of nitrogen functional groups attached to an aromatic ring is 2. The van der Waals surface area contributed by atoms with E-state index >= 15 is 0 Å². The number of hydrogen-bond donors (Lipinski definition) is 2. The molecule has 0 radical (unpaired) electrons. The van der Waals surface area contributed by atoms with E-state index in [9.17, 15) is 0 Å². The lowest BCUT2D eigenvalue weighted by atomic mass is 9.82. The molecule has 0 saturated heterocycles. The summed E-state index contributed by atoms with van der Waals surface area (Å²) in [7, 11) is 1.66. The molecule has 1 saturated carbocycles. The first-order valence-corrected chi connectivity index (χ1v) is 5.96. The van der Waals surface area contributed by atoms with Gasteiger partial charge in [0.15, 0.2) is 0 Å². The van der Waals surface area contributed by atoms with Crippen LogP contribution in [0.1, 0.15) is 43.6 Å². The van der Waals surface area contributed by atoms with Gasteiger partial charge >= 0.3 is 0 Å². The fraction of sp³-hybridized carbons (Fsp3) is 0.538. The van der Waals surface area contributed by atoms with Gasteiger partial charge in [-0.05, 0) is 30.9 Å². The van der Waals surface area contributed by atoms with Crippen molar-refractivity contribution < 1.29 is 4.74 Å². The van der Waals surface area contributed by atoms with Gasteiger partial charge in [-0.25, -0.2) is 0 Å².